The van der Waals surface area contributed by atoms with Crippen molar-refractivity contribution in [3.8, 4) is 0 Å². The lowest BCUT2D eigenvalue weighted by Gasteiger charge is -2.35. The molecule has 1 aliphatic rings. The number of nitrogens with zero attached hydrogens (tertiary/aromatic N) is 4. The van der Waals surface area contributed by atoms with Crippen molar-refractivity contribution in [3.63, 3.8) is 0 Å². The molecular formula is C23H25ClN6O. The zero-order valence-electron chi connectivity index (χ0n) is 17.6. The number of carbonyl (C=O) groups excluding carboxylic acids is 1. The first-order chi connectivity index (χ1) is 15.0. The van der Waals surface area contributed by atoms with Gasteiger partial charge in [0.05, 0.1) is 10.7 Å². The van der Waals surface area contributed by atoms with Gasteiger partial charge in [-0.05, 0) is 38.1 Å². The third kappa shape index (κ3) is 5.24. The summed E-state index contributed by atoms with van der Waals surface area (Å²) in [5.41, 5.74) is 3.70. The molecule has 0 spiro atoms. The first-order valence-electron chi connectivity index (χ1n) is 10.2. The van der Waals surface area contributed by atoms with Crippen LogP contribution in [0.25, 0.3) is 0 Å². The van der Waals surface area contributed by atoms with Gasteiger partial charge in [0, 0.05) is 43.6 Å². The SMILES string of the molecule is Cc1ccc(Nc2cc(C)nc(N3CCN(C(=O)Nc4ccccc4Cl)CC3)n2)cc1. The van der Waals surface area contributed by atoms with Crippen LogP contribution in [0, 0.1) is 13.8 Å². The maximum atomic E-state index is 12.6. The Bertz CT molecular complexity index is 1060. The highest BCUT2D eigenvalue weighted by molar-refractivity contribution is 6.33. The third-order valence-corrected chi connectivity index (χ3v) is 5.46. The van der Waals surface area contributed by atoms with Crippen LogP contribution in [0.1, 0.15) is 11.3 Å². The Balaban J connectivity index is 1.39. The number of piperazine rings is 1. The van der Waals surface area contributed by atoms with Gasteiger partial charge in [0.1, 0.15) is 5.82 Å². The quantitative estimate of drug-likeness (QED) is 0.611. The Kier molecular flexibility index (Phi) is 6.23. The van der Waals surface area contributed by atoms with Gasteiger partial charge < -0.3 is 20.4 Å². The van der Waals surface area contributed by atoms with Crippen molar-refractivity contribution in [2.45, 2.75) is 13.8 Å². The minimum absolute atomic E-state index is 0.153. The maximum Gasteiger partial charge on any atom is 0.322 e. The summed E-state index contributed by atoms with van der Waals surface area (Å²) in [4.78, 5) is 25.8. The molecule has 2 amide bonds. The Morgan fingerprint density at radius 1 is 0.968 bits per heavy atom. The molecule has 1 saturated heterocycles. The van der Waals surface area contributed by atoms with Crippen LogP contribution in [0.3, 0.4) is 0 Å². The molecule has 0 aliphatic carbocycles. The molecule has 2 heterocycles. The fourth-order valence-corrected chi connectivity index (χ4v) is 3.59. The minimum atomic E-state index is -0.153. The Labute approximate surface area is 187 Å². The Hall–Kier alpha value is -3.32. The second-order valence-corrected chi connectivity index (χ2v) is 7.98. The molecule has 31 heavy (non-hydrogen) atoms. The molecule has 160 valence electrons. The summed E-state index contributed by atoms with van der Waals surface area (Å²) in [5, 5.41) is 6.75. The highest BCUT2D eigenvalue weighted by Gasteiger charge is 2.23. The summed E-state index contributed by atoms with van der Waals surface area (Å²) in [5.74, 6) is 1.42. The number of halogens is 1. The topological polar surface area (TPSA) is 73.4 Å². The van der Waals surface area contributed by atoms with E-state index in [2.05, 4.69) is 39.6 Å². The molecule has 0 unspecified atom stereocenters. The van der Waals surface area contributed by atoms with E-state index in [9.17, 15) is 4.79 Å². The highest BCUT2D eigenvalue weighted by Crippen LogP contribution is 2.22. The van der Waals surface area contributed by atoms with Gasteiger partial charge in [-0.1, -0.05) is 41.4 Å². The van der Waals surface area contributed by atoms with E-state index >= 15 is 0 Å². The number of para-hydroxylation sites is 1. The predicted molar refractivity (Wildman–Crippen MR) is 125 cm³/mol. The van der Waals surface area contributed by atoms with Crippen LogP contribution < -0.4 is 15.5 Å². The lowest BCUT2D eigenvalue weighted by atomic mass is 10.2. The molecule has 8 heteroatoms. The van der Waals surface area contributed by atoms with Crippen LogP contribution in [0.15, 0.2) is 54.6 Å². The van der Waals surface area contributed by atoms with Crippen molar-refractivity contribution >= 4 is 40.8 Å². The zero-order valence-corrected chi connectivity index (χ0v) is 18.4. The van der Waals surface area contributed by atoms with Gasteiger partial charge in [0.25, 0.3) is 0 Å². The van der Waals surface area contributed by atoms with Gasteiger partial charge in [-0.2, -0.15) is 4.98 Å². The predicted octanol–water partition coefficient (Wildman–Crippen LogP) is 4.84. The van der Waals surface area contributed by atoms with Crippen molar-refractivity contribution in [1.82, 2.24) is 14.9 Å². The number of aryl methyl sites for hydroxylation is 2. The number of hydrogen-bond donors (Lipinski definition) is 2. The third-order valence-electron chi connectivity index (χ3n) is 5.13. The van der Waals surface area contributed by atoms with E-state index in [1.807, 2.05) is 37.3 Å². The fraction of sp³-hybridized carbons (Fsp3) is 0.261. The molecule has 0 bridgehead atoms. The van der Waals surface area contributed by atoms with Gasteiger partial charge >= 0.3 is 6.03 Å². The zero-order chi connectivity index (χ0) is 21.8. The second-order valence-electron chi connectivity index (χ2n) is 7.57. The van der Waals surface area contributed by atoms with E-state index in [0.717, 1.165) is 17.2 Å². The molecule has 7 nitrogen and oxygen atoms in total. The number of hydrogen-bond acceptors (Lipinski definition) is 5. The molecule has 2 N–H and O–H groups in total. The van der Waals surface area contributed by atoms with Gasteiger partial charge in [0.2, 0.25) is 5.95 Å². The van der Waals surface area contributed by atoms with Crippen LogP contribution in [0.5, 0.6) is 0 Å². The van der Waals surface area contributed by atoms with E-state index in [1.54, 1.807) is 17.0 Å². The summed E-state index contributed by atoms with van der Waals surface area (Å²) in [6.45, 7) is 6.49. The molecule has 1 aliphatic heterocycles. The highest BCUT2D eigenvalue weighted by atomic mass is 35.5. The normalized spacial score (nSPS) is 13.8. The number of urea groups is 1. The van der Waals surface area contributed by atoms with Crippen LogP contribution in [-0.2, 0) is 0 Å². The number of carbonyl (C=O) groups is 1. The van der Waals surface area contributed by atoms with Crippen molar-refractivity contribution in [2.24, 2.45) is 0 Å². The Morgan fingerprint density at radius 2 is 1.68 bits per heavy atom. The van der Waals surface area contributed by atoms with Crippen molar-refractivity contribution in [1.29, 1.82) is 0 Å². The van der Waals surface area contributed by atoms with E-state index in [1.165, 1.54) is 5.56 Å². The summed E-state index contributed by atoms with van der Waals surface area (Å²) >= 11 is 6.14. The summed E-state index contributed by atoms with van der Waals surface area (Å²) in [6, 6.07) is 17.2. The largest absolute Gasteiger partial charge is 0.340 e. The van der Waals surface area contributed by atoms with Crippen molar-refractivity contribution in [3.05, 3.63) is 70.9 Å². The molecule has 3 aromatic rings. The first-order valence-corrected chi connectivity index (χ1v) is 10.6. The number of benzene rings is 2. The van der Waals surface area contributed by atoms with Crippen molar-refractivity contribution < 1.29 is 4.79 Å². The molecule has 0 atom stereocenters. The molecule has 1 fully saturated rings. The standard InChI is InChI=1S/C23H25ClN6O/c1-16-7-9-18(10-8-16)26-21-15-17(2)25-22(28-21)29-11-13-30(14-12-29)23(31)27-20-6-4-3-5-19(20)24/h3-10,15H,11-14H2,1-2H3,(H,27,31)(H,25,26,28). The van der Waals surface area contributed by atoms with Gasteiger partial charge in [0.15, 0.2) is 0 Å². The van der Waals surface area contributed by atoms with Gasteiger partial charge in [-0.15, -0.1) is 0 Å². The Morgan fingerprint density at radius 3 is 2.39 bits per heavy atom. The first kappa shape index (κ1) is 20.9. The smallest absolute Gasteiger partial charge is 0.322 e. The van der Waals surface area contributed by atoms with Crippen LogP contribution in [0.2, 0.25) is 5.02 Å². The van der Waals surface area contributed by atoms with Crippen LogP contribution in [-0.4, -0.2) is 47.1 Å². The molecule has 0 saturated carbocycles. The van der Waals surface area contributed by atoms with E-state index < -0.39 is 0 Å². The monoisotopic (exact) mass is 436 g/mol. The summed E-state index contributed by atoms with van der Waals surface area (Å²) in [7, 11) is 0. The van der Waals surface area contributed by atoms with Gasteiger partial charge in [-0.3, -0.25) is 0 Å². The molecule has 1 aromatic heterocycles. The maximum absolute atomic E-state index is 12.6. The number of nitrogens with one attached hydrogen (secondary N) is 2. The molecular weight excluding hydrogens is 412 g/mol. The summed E-state index contributed by atoms with van der Waals surface area (Å²) < 4.78 is 0. The number of anilines is 4. The number of aromatic nitrogens is 2. The average Bonchev–Trinajstić information content (AvgIpc) is 2.77. The number of amides is 2. The van der Waals surface area contributed by atoms with E-state index in [-0.39, 0.29) is 6.03 Å². The molecule has 2 aromatic carbocycles. The van der Waals surface area contributed by atoms with Gasteiger partial charge in [-0.25, -0.2) is 9.78 Å². The minimum Gasteiger partial charge on any atom is -0.340 e. The van der Waals surface area contributed by atoms with Crippen molar-refractivity contribution in [2.75, 3.05) is 41.7 Å². The van der Waals surface area contributed by atoms with E-state index in [4.69, 9.17) is 16.6 Å². The molecule has 4 rings (SSSR count). The fourth-order valence-electron chi connectivity index (χ4n) is 3.41. The molecule has 0 radical (unpaired) electrons. The van der Waals surface area contributed by atoms with Crippen LogP contribution >= 0.6 is 11.6 Å². The number of rotatable bonds is 4. The van der Waals surface area contributed by atoms with E-state index in [0.29, 0.717) is 42.8 Å². The summed E-state index contributed by atoms with van der Waals surface area (Å²) in [6.07, 6.45) is 0. The van der Waals surface area contributed by atoms with Crippen LogP contribution in [0.4, 0.5) is 27.9 Å². The lowest BCUT2D eigenvalue weighted by molar-refractivity contribution is 0.208. The lowest BCUT2D eigenvalue weighted by Crippen LogP contribution is -2.50. The average molecular weight is 437 g/mol. The second kappa shape index (κ2) is 9.22.